The molecule has 2 rings (SSSR count). The van der Waals surface area contributed by atoms with Crippen LogP contribution in [-0.2, 0) is 11.3 Å². The van der Waals surface area contributed by atoms with Crippen LogP contribution < -0.4 is 5.69 Å². The lowest BCUT2D eigenvalue weighted by Gasteiger charge is -2.39. The van der Waals surface area contributed by atoms with Gasteiger partial charge < -0.3 is 4.90 Å². The normalized spacial score (nSPS) is 16.5. The van der Waals surface area contributed by atoms with Gasteiger partial charge in [0.05, 0.1) is 11.8 Å². The standard InChI is InChI=1S/C16H25N5O2S/c1-3-4-10-21-14(23)18-19-15(21)24-11-13(22)20(2)16(12-17)8-6-5-7-9-16/h3-11H2,1-2H3,(H,18,23). The Kier molecular flexibility index (Phi) is 6.49. The number of thioether (sulfide) groups is 1. The van der Waals surface area contributed by atoms with Gasteiger partial charge in [-0.15, -0.1) is 5.10 Å². The molecule has 1 N–H and O–H groups in total. The van der Waals surface area contributed by atoms with Gasteiger partial charge in [0.2, 0.25) is 5.91 Å². The largest absolute Gasteiger partial charge is 0.343 e. The zero-order chi connectivity index (χ0) is 17.6. The molecule has 0 aromatic carbocycles. The van der Waals surface area contributed by atoms with Crippen LogP contribution in [0.1, 0.15) is 51.9 Å². The molecule has 7 nitrogen and oxygen atoms in total. The van der Waals surface area contributed by atoms with E-state index >= 15 is 0 Å². The van der Waals surface area contributed by atoms with Gasteiger partial charge in [-0.25, -0.2) is 9.89 Å². The first-order valence-corrected chi connectivity index (χ1v) is 9.48. The van der Waals surface area contributed by atoms with Gasteiger partial charge in [-0.3, -0.25) is 9.36 Å². The summed E-state index contributed by atoms with van der Waals surface area (Å²) in [6, 6.07) is 2.36. The van der Waals surface area contributed by atoms with Crippen LogP contribution in [0.25, 0.3) is 0 Å². The van der Waals surface area contributed by atoms with Gasteiger partial charge in [0.1, 0.15) is 5.54 Å². The van der Waals surface area contributed by atoms with Crippen molar-refractivity contribution < 1.29 is 4.79 Å². The third-order valence-electron chi connectivity index (χ3n) is 4.69. The van der Waals surface area contributed by atoms with Gasteiger partial charge in [0.15, 0.2) is 5.16 Å². The Bertz CT molecular complexity index is 654. The van der Waals surface area contributed by atoms with Gasteiger partial charge in [-0.2, -0.15) is 5.26 Å². The van der Waals surface area contributed by atoms with Crippen LogP contribution in [0.4, 0.5) is 0 Å². The Balaban J connectivity index is 2.00. The number of hydrogen-bond acceptors (Lipinski definition) is 5. The third-order valence-corrected chi connectivity index (χ3v) is 5.65. The lowest BCUT2D eigenvalue weighted by molar-refractivity contribution is -0.131. The summed E-state index contributed by atoms with van der Waals surface area (Å²) in [5.74, 6) is 0.0806. The molecule has 1 aliphatic carbocycles. The molecular formula is C16H25N5O2S. The number of aromatic amines is 1. The van der Waals surface area contributed by atoms with E-state index in [1.54, 1.807) is 16.5 Å². The van der Waals surface area contributed by atoms with E-state index in [1.807, 2.05) is 0 Å². The molecule has 0 atom stereocenters. The van der Waals surface area contributed by atoms with E-state index in [1.165, 1.54) is 11.8 Å². The average Bonchev–Trinajstić information content (AvgIpc) is 2.97. The molecule has 1 aromatic heterocycles. The van der Waals surface area contributed by atoms with Gasteiger partial charge in [0.25, 0.3) is 0 Å². The number of H-pyrrole nitrogens is 1. The van der Waals surface area contributed by atoms with Crippen molar-refractivity contribution in [2.24, 2.45) is 0 Å². The van der Waals surface area contributed by atoms with Crippen molar-refractivity contribution in [1.29, 1.82) is 5.26 Å². The Morgan fingerprint density at radius 3 is 2.79 bits per heavy atom. The second kappa shape index (κ2) is 8.38. The highest BCUT2D eigenvalue weighted by Gasteiger charge is 2.38. The fraction of sp³-hybridized carbons (Fsp3) is 0.750. The molecule has 0 aliphatic heterocycles. The third kappa shape index (κ3) is 4.01. The van der Waals surface area contributed by atoms with Crippen LogP contribution >= 0.6 is 11.8 Å². The highest BCUT2D eigenvalue weighted by molar-refractivity contribution is 7.99. The molecule has 1 heterocycles. The molecule has 0 saturated heterocycles. The maximum Gasteiger partial charge on any atom is 0.343 e. The Morgan fingerprint density at radius 2 is 2.17 bits per heavy atom. The Hall–Kier alpha value is -1.75. The predicted molar refractivity (Wildman–Crippen MR) is 92.7 cm³/mol. The van der Waals surface area contributed by atoms with E-state index in [2.05, 4.69) is 23.2 Å². The van der Waals surface area contributed by atoms with Crippen molar-refractivity contribution in [3.63, 3.8) is 0 Å². The van der Waals surface area contributed by atoms with Crippen molar-refractivity contribution in [2.75, 3.05) is 12.8 Å². The number of unbranched alkanes of at least 4 members (excludes halogenated alkanes) is 1. The molecule has 1 aromatic rings. The topological polar surface area (TPSA) is 94.8 Å². The van der Waals surface area contributed by atoms with Crippen molar-refractivity contribution >= 4 is 17.7 Å². The minimum absolute atomic E-state index is 0.0964. The number of nitrogens with one attached hydrogen (secondary N) is 1. The summed E-state index contributed by atoms with van der Waals surface area (Å²) in [5, 5.41) is 16.6. The molecule has 0 unspecified atom stereocenters. The summed E-state index contributed by atoms with van der Waals surface area (Å²) < 4.78 is 1.57. The Morgan fingerprint density at radius 1 is 1.46 bits per heavy atom. The molecule has 0 bridgehead atoms. The fourth-order valence-electron chi connectivity index (χ4n) is 3.05. The van der Waals surface area contributed by atoms with Crippen molar-refractivity contribution in [1.82, 2.24) is 19.7 Å². The smallest absolute Gasteiger partial charge is 0.326 e. The fourth-order valence-corrected chi connectivity index (χ4v) is 3.93. The van der Waals surface area contributed by atoms with Gasteiger partial charge in [-0.1, -0.05) is 44.4 Å². The molecular weight excluding hydrogens is 326 g/mol. The maximum absolute atomic E-state index is 12.5. The molecule has 8 heteroatoms. The number of nitrogens with zero attached hydrogens (tertiary/aromatic N) is 4. The zero-order valence-corrected chi connectivity index (χ0v) is 15.2. The van der Waals surface area contributed by atoms with Crippen molar-refractivity contribution in [3.8, 4) is 6.07 Å². The van der Waals surface area contributed by atoms with Crippen molar-refractivity contribution in [2.45, 2.75) is 69.1 Å². The van der Waals surface area contributed by atoms with E-state index < -0.39 is 5.54 Å². The number of aromatic nitrogens is 3. The van der Waals surface area contributed by atoms with Crippen LogP contribution in [0.5, 0.6) is 0 Å². The summed E-state index contributed by atoms with van der Waals surface area (Å²) in [7, 11) is 1.71. The number of carbonyl (C=O) groups is 1. The van der Waals surface area contributed by atoms with Gasteiger partial charge in [0, 0.05) is 13.6 Å². The summed E-state index contributed by atoms with van der Waals surface area (Å²) in [6.07, 6.45) is 6.42. The monoisotopic (exact) mass is 351 g/mol. The highest BCUT2D eigenvalue weighted by atomic mass is 32.2. The molecule has 0 spiro atoms. The summed E-state index contributed by atoms with van der Waals surface area (Å²) >= 11 is 1.25. The van der Waals surface area contributed by atoms with E-state index in [-0.39, 0.29) is 17.3 Å². The lowest BCUT2D eigenvalue weighted by atomic mass is 9.81. The molecule has 132 valence electrons. The SMILES string of the molecule is CCCCn1c(SCC(=O)N(C)C2(C#N)CCCCC2)n[nH]c1=O. The number of carbonyl (C=O) groups excluding carboxylic acids is 1. The van der Waals surface area contributed by atoms with Gasteiger partial charge >= 0.3 is 5.69 Å². The lowest BCUT2D eigenvalue weighted by Crippen LogP contribution is -2.50. The van der Waals surface area contributed by atoms with E-state index in [4.69, 9.17) is 0 Å². The molecule has 0 radical (unpaired) electrons. The van der Waals surface area contributed by atoms with Gasteiger partial charge in [-0.05, 0) is 19.3 Å². The minimum atomic E-state index is -0.677. The predicted octanol–water partition coefficient (Wildman–Crippen LogP) is 2.15. The molecule has 1 saturated carbocycles. The molecule has 1 fully saturated rings. The summed E-state index contributed by atoms with van der Waals surface area (Å²) in [5.41, 5.74) is -0.920. The number of nitriles is 1. The van der Waals surface area contributed by atoms with Crippen LogP contribution in [0, 0.1) is 11.3 Å². The number of amides is 1. The van der Waals surface area contributed by atoms with Crippen LogP contribution in [-0.4, -0.2) is 43.9 Å². The maximum atomic E-state index is 12.5. The summed E-state index contributed by atoms with van der Waals surface area (Å²) in [6.45, 7) is 2.66. The molecule has 24 heavy (non-hydrogen) atoms. The van der Waals surface area contributed by atoms with E-state index in [9.17, 15) is 14.9 Å². The Labute approximate surface area is 146 Å². The quantitative estimate of drug-likeness (QED) is 0.760. The van der Waals surface area contributed by atoms with E-state index in [0.717, 1.165) is 44.9 Å². The molecule has 1 aliphatic rings. The molecule has 1 amide bonds. The second-order valence-electron chi connectivity index (χ2n) is 6.26. The van der Waals surface area contributed by atoms with Crippen molar-refractivity contribution in [3.05, 3.63) is 10.5 Å². The summed E-state index contributed by atoms with van der Waals surface area (Å²) in [4.78, 5) is 25.9. The number of hydrogen-bond donors (Lipinski definition) is 1. The first-order chi connectivity index (χ1) is 11.5. The van der Waals surface area contributed by atoms with E-state index in [0.29, 0.717) is 11.7 Å². The average molecular weight is 351 g/mol. The zero-order valence-electron chi connectivity index (χ0n) is 14.4. The van der Waals surface area contributed by atoms with Crippen LogP contribution in [0.15, 0.2) is 9.95 Å². The highest BCUT2D eigenvalue weighted by Crippen LogP contribution is 2.33. The van der Waals surface area contributed by atoms with Crippen LogP contribution in [0.2, 0.25) is 0 Å². The van der Waals surface area contributed by atoms with Crippen LogP contribution in [0.3, 0.4) is 0 Å². The second-order valence-corrected chi connectivity index (χ2v) is 7.20. The minimum Gasteiger partial charge on any atom is -0.326 e. The number of rotatable bonds is 7. The first-order valence-electron chi connectivity index (χ1n) is 8.50. The first kappa shape index (κ1) is 18.6.